The molecule has 1 heterocycles. The van der Waals surface area contributed by atoms with Crippen molar-refractivity contribution in [3.8, 4) is 0 Å². The molecule has 108 valence electrons. The fraction of sp³-hybridized carbons (Fsp3) is 0.769. The van der Waals surface area contributed by atoms with Crippen LogP contribution >= 0.6 is 0 Å². The quantitative estimate of drug-likeness (QED) is 0.753. The first-order valence-corrected chi connectivity index (χ1v) is 6.40. The minimum absolute atomic E-state index is 0.0910. The van der Waals surface area contributed by atoms with Crippen molar-refractivity contribution >= 4 is 17.8 Å². The van der Waals surface area contributed by atoms with Gasteiger partial charge in [0.15, 0.2) is 0 Å². The molecule has 0 bridgehead atoms. The standard InChI is InChI=1S/C13H22N2O4/c1-8(16)15-6-5-9(7-10(14)17)11(15)12(18)19-13(2,3)4/h9,11H,5-7H2,1-4H3,(H2,14,17)/t9-,11+/m1/s1. The molecule has 0 aromatic rings. The van der Waals surface area contributed by atoms with Gasteiger partial charge in [0, 0.05) is 25.8 Å². The average molecular weight is 270 g/mol. The van der Waals surface area contributed by atoms with Crippen molar-refractivity contribution in [2.45, 2.75) is 52.2 Å². The molecular weight excluding hydrogens is 248 g/mol. The lowest BCUT2D eigenvalue weighted by atomic mass is 9.96. The van der Waals surface area contributed by atoms with Gasteiger partial charge in [-0.25, -0.2) is 4.79 Å². The van der Waals surface area contributed by atoms with E-state index in [0.29, 0.717) is 13.0 Å². The highest BCUT2D eigenvalue weighted by Crippen LogP contribution is 2.29. The Hall–Kier alpha value is -1.59. The molecule has 1 aliphatic heterocycles. The lowest BCUT2D eigenvalue weighted by Crippen LogP contribution is -2.46. The van der Waals surface area contributed by atoms with Crippen LogP contribution in [-0.4, -0.2) is 40.9 Å². The molecule has 0 unspecified atom stereocenters. The number of hydrogen-bond acceptors (Lipinski definition) is 4. The molecule has 6 nitrogen and oxygen atoms in total. The van der Waals surface area contributed by atoms with Gasteiger partial charge in [0.2, 0.25) is 11.8 Å². The second kappa shape index (κ2) is 5.59. The van der Waals surface area contributed by atoms with Gasteiger partial charge < -0.3 is 15.4 Å². The molecule has 0 aromatic heterocycles. The first kappa shape index (κ1) is 15.5. The van der Waals surface area contributed by atoms with Gasteiger partial charge in [-0.2, -0.15) is 0 Å². The van der Waals surface area contributed by atoms with Gasteiger partial charge in [-0.1, -0.05) is 0 Å². The zero-order valence-corrected chi connectivity index (χ0v) is 11.9. The maximum absolute atomic E-state index is 12.2. The number of carbonyl (C=O) groups excluding carboxylic acids is 3. The van der Waals surface area contributed by atoms with Crippen molar-refractivity contribution in [2.75, 3.05) is 6.54 Å². The number of likely N-dealkylation sites (tertiary alicyclic amines) is 1. The fourth-order valence-electron chi connectivity index (χ4n) is 2.36. The van der Waals surface area contributed by atoms with E-state index in [0.717, 1.165) is 0 Å². The summed E-state index contributed by atoms with van der Waals surface area (Å²) < 4.78 is 5.33. The van der Waals surface area contributed by atoms with E-state index in [-0.39, 0.29) is 18.2 Å². The SMILES string of the molecule is CC(=O)N1CC[C@H](CC(N)=O)[C@H]1C(=O)OC(C)(C)C. The van der Waals surface area contributed by atoms with Crippen LogP contribution in [0.3, 0.4) is 0 Å². The molecule has 1 saturated heterocycles. The third kappa shape index (κ3) is 4.22. The van der Waals surface area contributed by atoms with Gasteiger partial charge in [-0.3, -0.25) is 9.59 Å². The van der Waals surface area contributed by atoms with Gasteiger partial charge in [0.1, 0.15) is 11.6 Å². The maximum atomic E-state index is 12.2. The lowest BCUT2D eigenvalue weighted by Gasteiger charge is -2.29. The number of nitrogens with zero attached hydrogens (tertiary/aromatic N) is 1. The third-order valence-electron chi connectivity index (χ3n) is 3.04. The third-order valence-corrected chi connectivity index (χ3v) is 3.04. The van der Waals surface area contributed by atoms with Crippen molar-refractivity contribution in [1.82, 2.24) is 4.90 Å². The van der Waals surface area contributed by atoms with Gasteiger partial charge in [-0.15, -0.1) is 0 Å². The minimum atomic E-state index is -0.704. The van der Waals surface area contributed by atoms with Crippen LogP contribution in [0.2, 0.25) is 0 Å². The average Bonchev–Trinajstić information content (AvgIpc) is 2.57. The smallest absolute Gasteiger partial charge is 0.329 e. The summed E-state index contributed by atoms with van der Waals surface area (Å²) in [6.45, 7) is 7.16. The van der Waals surface area contributed by atoms with Crippen LogP contribution in [0, 0.1) is 5.92 Å². The second-order valence-corrected chi connectivity index (χ2v) is 5.91. The molecular formula is C13H22N2O4. The predicted molar refractivity (Wildman–Crippen MR) is 68.9 cm³/mol. The number of hydrogen-bond donors (Lipinski definition) is 1. The predicted octanol–water partition coefficient (Wildman–Crippen LogP) is 0.441. The van der Waals surface area contributed by atoms with Crippen molar-refractivity contribution in [3.63, 3.8) is 0 Å². The first-order chi connectivity index (χ1) is 8.61. The maximum Gasteiger partial charge on any atom is 0.329 e. The van der Waals surface area contributed by atoms with Gasteiger partial charge in [-0.05, 0) is 27.2 Å². The molecule has 0 aromatic carbocycles. The Morgan fingerprint density at radius 3 is 2.32 bits per heavy atom. The monoisotopic (exact) mass is 270 g/mol. The summed E-state index contributed by atoms with van der Waals surface area (Å²) in [5.41, 5.74) is 4.56. The van der Waals surface area contributed by atoms with E-state index in [1.165, 1.54) is 11.8 Å². The highest BCUT2D eigenvalue weighted by molar-refractivity contribution is 5.85. The van der Waals surface area contributed by atoms with Crippen LogP contribution in [-0.2, 0) is 19.1 Å². The largest absolute Gasteiger partial charge is 0.458 e. The molecule has 0 saturated carbocycles. The van der Waals surface area contributed by atoms with Crippen molar-refractivity contribution in [1.29, 1.82) is 0 Å². The number of ether oxygens (including phenoxy) is 1. The lowest BCUT2D eigenvalue weighted by molar-refractivity contribution is -0.164. The van der Waals surface area contributed by atoms with Gasteiger partial charge >= 0.3 is 5.97 Å². The molecule has 2 N–H and O–H groups in total. The Morgan fingerprint density at radius 2 is 1.89 bits per heavy atom. The molecule has 6 heteroatoms. The summed E-state index contributed by atoms with van der Waals surface area (Å²) in [5, 5.41) is 0. The van der Waals surface area contributed by atoms with Crippen molar-refractivity contribution in [2.24, 2.45) is 11.7 Å². The molecule has 1 aliphatic rings. The molecule has 1 fully saturated rings. The fourth-order valence-corrected chi connectivity index (χ4v) is 2.36. The summed E-state index contributed by atoms with van der Waals surface area (Å²) >= 11 is 0. The van der Waals surface area contributed by atoms with Crippen LogP contribution in [0.1, 0.15) is 40.5 Å². The van der Waals surface area contributed by atoms with Crippen molar-refractivity contribution < 1.29 is 19.1 Å². The van der Waals surface area contributed by atoms with E-state index in [2.05, 4.69) is 0 Å². The number of rotatable bonds is 3. The highest BCUT2D eigenvalue weighted by Gasteiger charge is 2.43. The van der Waals surface area contributed by atoms with E-state index in [4.69, 9.17) is 10.5 Å². The zero-order chi connectivity index (χ0) is 14.8. The van der Waals surface area contributed by atoms with Crippen LogP contribution in [0.4, 0.5) is 0 Å². The minimum Gasteiger partial charge on any atom is -0.458 e. The highest BCUT2D eigenvalue weighted by atomic mass is 16.6. The molecule has 19 heavy (non-hydrogen) atoms. The number of esters is 1. The van der Waals surface area contributed by atoms with E-state index in [9.17, 15) is 14.4 Å². The summed E-state index contributed by atoms with van der Waals surface area (Å²) in [5.74, 6) is -1.38. The first-order valence-electron chi connectivity index (χ1n) is 6.40. The van der Waals surface area contributed by atoms with Crippen LogP contribution in [0.15, 0.2) is 0 Å². The molecule has 1 rings (SSSR count). The van der Waals surface area contributed by atoms with Crippen molar-refractivity contribution in [3.05, 3.63) is 0 Å². The van der Waals surface area contributed by atoms with Gasteiger partial charge in [0.05, 0.1) is 0 Å². The zero-order valence-electron chi connectivity index (χ0n) is 11.9. The summed E-state index contributed by atoms with van der Waals surface area (Å²) in [6, 6.07) is -0.704. The van der Waals surface area contributed by atoms with Crippen LogP contribution < -0.4 is 5.73 Å². The molecule has 0 spiro atoms. The molecule has 2 atom stereocenters. The molecule has 0 aliphatic carbocycles. The second-order valence-electron chi connectivity index (χ2n) is 5.91. The Morgan fingerprint density at radius 1 is 1.32 bits per heavy atom. The topological polar surface area (TPSA) is 89.7 Å². The molecule has 2 amide bonds. The number of nitrogens with two attached hydrogens (primary N) is 1. The Balaban J connectivity index is 2.89. The molecule has 0 radical (unpaired) electrons. The Kier molecular flexibility index (Phi) is 4.55. The Bertz CT molecular complexity index is 387. The van der Waals surface area contributed by atoms with Crippen LogP contribution in [0.25, 0.3) is 0 Å². The van der Waals surface area contributed by atoms with E-state index < -0.39 is 23.5 Å². The van der Waals surface area contributed by atoms with E-state index in [1.54, 1.807) is 20.8 Å². The number of carbonyl (C=O) groups is 3. The van der Waals surface area contributed by atoms with E-state index >= 15 is 0 Å². The Labute approximate surface area is 113 Å². The number of amides is 2. The van der Waals surface area contributed by atoms with E-state index in [1.807, 2.05) is 0 Å². The van der Waals surface area contributed by atoms with Crippen LogP contribution in [0.5, 0.6) is 0 Å². The summed E-state index contributed by atoms with van der Waals surface area (Å²) in [6.07, 6.45) is 0.681. The normalized spacial score (nSPS) is 23.3. The number of primary amides is 1. The summed E-state index contributed by atoms with van der Waals surface area (Å²) in [7, 11) is 0. The summed E-state index contributed by atoms with van der Waals surface area (Å²) in [4.78, 5) is 36.3. The van der Waals surface area contributed by atoms with Gasteiger partial charge in [0.25, 0.3) is 0 Å².